The van der Waals surface area contributed by atoms with E-state index in [-0.39, 0.29) is 62.0 Å². The van der Waals surface area contributed by atoms with Gasteiger partial charge in [-0.2, -0.15) is 0 Å². The molecule has 0 radical (unpaired) electrons. The van der Waals surface area contributed by atoms with Crippen LogP contribution in [0.25, 0.3) is 0 Å². The van der Waals surface area contributed by atoms with E-state index in [0.29, 0.717) is 44.4 Å². The zero-order chi connectivity index (χ0) is 49.3. The van der Waals surface area contributed by atoms with Gasteiger partial charge in [-0.25, -0.2) is 0 Å². The summed E-state index contributed by atoms with van der Waals surface area (Å²) in [4.78, 5) is 38.3. The van der Waals surface area contributed by atoms with Crippen molar-refractivity contribution in [1.29, 1.82) is 0 Å². The zero-order valence-electron chi connectivity index (χ0n) is 44.9. The molecule has 8 atom stereocenters. The van der Waals surface area contributed by atoms with Gasteiger partial charge in [0.25, 0.3) is 0 Å². The van der Waals surface area contributed by atoms with Gasteiger partial charge in [-0.1, -0.05) is 168 Å². The second-order valence-corrected chi connectivity index (χ2v) is 20.6. The minimum absolute atomic E-state index is 0.115. The maximum Gasteiger partial charge on any atom is 0.306 e. The molecule has 2 aliphatic heterocycles. The molecule has 68 heavy (non-hydrogen) atoms. The number of hydrogen-bond donors (Lipinski definition) is 0. The van der Waals surface area contributed by atoms with Gasteiger partial charge in [0.2, 0.25) is 0 Å². The van der Waals surface area contributed by atoms with Crippen molar-refractivity contribution in [1.82, 2.24) is 0 Å². The van der Waals surface area contributed by atoms with Gasteiger partial charge in [0, 0.05) is 25.9 Å². The molecule has 0 bridgehead atoms. The molecule has 2 saturated heterocycles. The van der Waals surface area contributed by atoms with Gasteiger partial charge >= 0.3 is 17.9 Å². The normalized spacial score (nSPS) is 19.3. The Morgan fingerprint density at radius 3 is 1.25 bits per heavy atom. The van der Waals surface area contributed by atoms with Crippen LogP contribution in [-0.2, 0) is 52.3 Å². The first-order chi connectivity index (χ1) is 33.1. The Balaban J connectivity index is 1.60. The van der Waals surface area contributed by atoms with E-state index in [0.717, 1.165) is 141 Å². The Kier molecular flexibility index (Phi) is 39.3. The lowest BCUT2D eigenvalue weighted by Gasteiger charge is -2.18. The predicted molar refractivity (Wildman–Crippen MR) is 274 cm³/mol. The molecule has 0 aromatic heterocycles. The fourth-order valence-corrected chi connectivity index (χ4v) is 8.86. The molecular formula is C57H106O11. The first-order valence-electron chi connectivity index (χ1n) is 28.8. The van der Waals surface area contributed by atoms with Crippen molar-refractivity contribution in [2.75, 3.05) is 33.0 Å². The van der Waals surface area contributed by atoms with Crippen LogP contribution < -0.4 is 0 Å². The fourth-order valence-electron chi connectivity index (χ4n) is 8.86. The number of hydrogen-bond acceptors (Lipinski definition) is 11. The third kappa shape index (κ3) is 37.1. The highest BCUT2D eigenvalue weighted by molar-refractivity contribution is 5.71. The number of epoxide rings is 2. The number of unbranched alkanes of at least 4 members (excludes halogenated alkanes) is 21. The highest BCUT2D eigenvalue weighted by Gasteiger charge is 2.39. The number of esters is 3. The van der Waals surface area contributed by atoms with E-state index >= 15 is 0 Å². The maximum atomic E-state index is 12.9. The van der Waals surface area contributed by atoms with Gasteiger partial charge < -0.3 is 37.9 Å². The summed E-state index contributed by atoms with van der Waals surface area (Å²) >= 11 is 0. The summed E-state index contributed by atoms with van der Waals surface area (Å²) in [6.45, 7) is 15.2. The quantitative estimate of drug-likeness (QED) is 0.0250. The molecule has 2 rings (SSSR count). The summed E-state index contributed by atoms with van der Waals surface area (Å²) in [7, 11) is 0. The van der Waals surface area contributed by atoms with Crippen LogP contribution >= 0.6 is 0 Å². The topological polar surface area (TPSA) is 132 Å². The van der Waals surface area contributed by atoms with Gasteiger partial charge in [-0.05, 0) is 78.6 Å². The van der Waals surface area contributed by atoms with Crippen LogP contribution in [0.1, 0.15) is 266 Å². The Bertz CT molecular complexity index is 1200. The van der Waals surface area contributed by atoms with E-state index in [1.807, 2.05) is 0 Å². The third-order valence-corrected chi connectivity index (χ3v) is 13.7. The van der Waals surface area contributed by atoms with E-state index in [1.54, 1.807) is 0 Å². The van der Waals surface area contributed by atoms with E-state index < -0.39 is 6.10 Å². The van der Waals surface area contributed by atoms with Crippen molar-refractivity contribution in [3.63, 3.8) is 0 Å². The monoisotopic (exact) mass is 967 g/mol. The summed E-state index contributed by atoms with van der Waals surface area (Å²) in [5.74, 6) is -0.985. The van der Waals surface area contributed by atoms with Gasteiger partial charge in [-0.15, -0.1) is 0 Å². The molecule has 2 heterocycles. The average Bonchev–Trinajstić information content (AvgIpc) is 4.26. The third-order valence-electron chi connectivity index (χ3n) is 13.7. The van der Waals surface area contributed by atoms with Crippen molar-refractivity contribution in [3.8, 4) is 0 Å². The molecule has 400 valence electrons. The minimum atomic E-state index is -0.820. The molecule has 8 unspecified atom stereocenters. The highest BCUT2D eigenvalue weighted by Crippen LogP contribution is 2.29. The molecule has 0 aromatic rings. The van der Waals surface area contributed by atoms with Gasteiger partial charge in [-0.3, -0.25) is 14.4 Å². The molecule has 0 amide bonds. The summed E-state index contributed by atoms with van der Waals surface area (Å²) < 4.78 is 46.5. The lowest BCUT2D eigenvalue weighted by molar-refractivity contribution is -0.167. The smallest absolute Gasteiger partial charge is 0.306 e. The Hall–Kier alpha value is -1.79. The first-order valence-corrected chi connectivity index (χ1v) is 28.8. The Morgan fingerprint density at radius 1 is 0.397 bits per heavy atom. The highest BCUT2D eigenvalue weighted by atomic mass is 16.6. The van der Waals surface area contributed by atoms with Gasteiger partial charge in [0.1, 0.15) is 25.4 Å². The SMILES string of the molecule is CCCCCCCCOC(C)CCCCCCCC(=O)OC(COC(=O)CCCCCCCC(C)OCC1OC1CCCCC)COC(=O)CCCCCCCC1OC1COC(C)CCCCC. The zero-order valence-corrected chi connectivity index (χ0v) is 44.9. The molecule has 11 heteroatoms. The second-order valence-electron chi connectivity index (χ2n) is 20.6. The van der Waals surface area contributed by atoms with Crippen LogP contribution in [0.5, 0.6) is 0 Å². The lowest BCUT2D eigenvalue weighted by atomic mass is 10.1. The second kappa shape index (κ2) is 42.9. The minimum Gasteiger partial charge on any atom is -0.462 e. The maximum absolute atomic E-state index is 12.9. The standard InChI is InChI=1S/C57H106O11/c1-7-10-13-14-24-33-42-61-47(4)35-27-18-16-23-32-41-57(60)66-50(43-64-55(58)39-30-21-15-19-28-36-49(6)63-45-53-51(67-53)37-26-12-9-3)44-65-56(59)40-31-22-17-20-29-38-52-54(68-52)46-62-48(5)34-25-11-8-2/h47-54H,7-46H2,1-6H3. The van der Waals surface area contributed by atoms with Crippen LogP contribution in [0, 0.1) is 0 Å². The van der Waals surface area contributed by atoms with Crippen LogP contribution in [0.2, 0.25) is 0 Å². The van der Waals surface area contributed by atoms with Crippen molar-refractivity contribution in [2.24, 2.45) is 0 Å². The number of rotatable bonds is 51. The molecule has 0 N–H and O–H groups in total. The summed E-state index contributed by atoms with van der Waals surface area (Å²) in [5, 5.41) is 0. The summed E-state index contributed by atoms with van der Waals surface area (Å²) in [6.07, 6.45) is 37.6. The van der Waals surface area contributed by atoms with Gasteiger partial charge in [0.15, 0.2) is 6.10 Å². The molecule has 0 aromatic carbocycles. The first kappa shape index (κ1) is 62.3. The van der Waals surface area contributed by atoms with Crippen LogP contribution in [0.3, 0.4) is 0 Å². The molecule has 11 nitrogen and oxygen atoms in total. The van der Waals surface area contributed by atoms with E-state index in [1.165, 1.54) is 70.6 Å². The molecule has 0 saturated carbocycles. The average molecular weight is 967 g/mol. The van der Waals surface area contributed by atoms with E-state index in [2.05, 4.69) is 41.5 Å². The summed E-state index contributed by atoms with van der Waals surface area (Å²) in [6, 6.07) is 0. The number of carbonyl (C=O) groups is 3. The van der Waals surface area contributed by atoms with Crippen molar-refractivity contribution in [3.05, 3.63) is 0 Å². The largest absolute Gasteiger partial charge is 0.462 e. The van der Waals surface area contributed by atoms with E-state index in [9.17, 15) is 14.4 Å². The molecule has 2 fully saturated rings. The fraction of sp³-hybridized carbons (Fsp3) is 0.947. The van der Waals surface area contributed by atoms with E-state index in [4.69, 9.17) is 37.9 Å². The van der Waals surface area contributed by atoms with Crippen LogP contribution in [-0.4, -0.2) is 99.8 Å². The predicted octanol–water partition coefficient (Wildman–Crippen LogP) is 14.4. The lowest BCUT2D eigenvalue weighted by Crippen LogP contribution is -2.30. The molecule has 2 aliphatic rings. The van der Waals surface area contributed by atoms with Gasteiger partial charge in [0.05, 0.1) is 43.7 Å². The summed E-state index contributed by atoms with van der Waals surface area (Å²) in [5.41, 5.74) is 0. The number of ether oxygens (including phenoxy) is 8. The van der Waals surface area contributed by atoms with Crippen molar-refractivity contribution < 1.29 is 52.3 Å². The Labute approximate surface area is 417 Å². The van der Waals surface area contributed by atoms with Crippen LogP contribution in [0.4, 0.5) is 0 Å². The number of carbonyl (C=O) groups excluding carboxylic acids is 3. The molecule has 0 aliphatic carbocycles. The van der Waals surface area contributed by atoms with Crippen LogP contribution in [0.15, 0.2) is 0 Å². The Morgan fingerprint density at radius 2 is 0.750 bits per heavy atom. The molecular weight excluding hydrogens is 861 g/mol. The van der Waals surface area contributed by atoms with Crippen molar-refractivity contribution in [2.45, 2.75) is 315 Å². The molecule has 0 spiro atoms. The van der Waals surface area contributed by atoms with Crippen molar-refractivity contribution >= 4 is 17.9 Å².